The Bertz CT molecular complexity index is 1100. The maximum Gasteiger partial charge on any atom is 0.229 e. The third-order valence-electron chi connectivity index (χ3n) is 3.96. The fraction of sp³-hybridized carbons (Fsp3) is 0.143. The largest absolute Gasteiger partial charge is 0.331 e. The van der Waals surface area contributed by atoms with E-state index in [0.717, 1.165) is 17.0 Å². The van der Waals surface area contributed by atoms with Crippen LogP contribution in [0.4, 0.5) is 16.0 Å². The van der Waals surface area contributed by atoms with Crippen LogP contribution >= 0.6 is 35.4 Å². The molecule has 3 N–H and O–H groups in total. The Morgan fingerprint density at radius 3 is 2.32 bits per heavy atom. The van der Waals surface area contributed by atoms with Gasteiger partial charge in [0.1, 0.15) is 5.82 Å². The monoisotopic (exact) mass is 476 g/mol. The minimum Gasteiger partial charge on any atom is -0.331 e. The van der Waals surface area contributed by atoms with Crippen molar-refractivity contribution in [3.8, 4) is 0 Å². The summed E-state index contributed by atoms with van der Waals surface area (Å²) < 4.78 is 13.2. The Balaban J connectivity index is 1.78. The molecule has 160 valence electrons. The molecule has 0 saturated carbocycles. The van der Waals surface area contributed by atoms with E-state index in [-0.39, 0.29) is 17.5 Å². The molecule has 0 aliphatic heterocycles. The lowest BCUT2D eigenvalue weighted by atomic mass is 10.2. The van der Waals surface area contributed by atoms with Gasteiger partial charge in [0, 0.05) is 16.4 Å². The number of halogens is 3. The minimum atomic E-state index is -0.307. The van der Waals surface area contributed by atoms with Gasteiger partial charge in [-0.15, -0.1) is 0 Å². The molecule has 0 aliphatic carbocycles. The number of aliphatic imine (C=N–C) groups is 1. The van der Waals surface area contributed by atoms with Crippen LogP contribution in [0, 0.1) is 19.7 Å². The fourth-order valence-electron chi connectivity index (χ4n) is 2.61. The summed E-state index contributed by atoms with van der Waals surface area (Å²) in [5.41, 5.74) is 3.02. The second-order valence-corrected chi connectivity index (χ2v) is 7.85. The van der Waals surface area contributed by atoms with E-state index in [9.17, 15) is 4.39 Å². The second kappa shape index (κ2) is 10.5. The molecule has 3 rings (SSSR count). The maximum absolute atomic E-state index is 13.2. The van der Waals surface area contributed by atoms with Crippen molar-refractivity contribution in [2.45, 2.75) is 20.4 Å². The van der Waals surface area contributed by atoms with E-state index >= 15 is 0 Å². The zero-order valence-corrected chi connectivity index (χ0v) is 19.0. The van der Waals surface area contributed by atoms with Gasteiger partial charge in [0.25, 0.3) is 0 Å². The standard InChI is InChI=1S/C21H19Cl2FN6S/c1-12-9-13(2)27-20(26-12)29-19(25-11-14-3-6-16(24)7-4-14)30-21(31)28-18-8-5-15(22)10-17(18)23/h3-10H,11H2,1-2H3,(H3,25,26,27,28,29,30,31). The van der Waals surface area contributed by atoms with E-state index < -0.39 is 0 Å². The first-order valence-corrected chi connectivity index (χ1v) is 10.4. The van der Waals surface area contributed by atoms with Crippen molar-refractivity contribution < 1.29 is 4.39 Å². The van der Waals surface area contributed by atoms with Crippen LogP contribution in [-0.4, -0.2) is 21.0 Å². The van der Waals surface area contributed by atoms with Gasteiger partial charge in [-0.25, -0.2) is 19.4 Å². The molecule has 0 aliphatic rings. The fourth-order valence-corrected chi connectivity index (χ4v) is 3.27. The van der Waals surface area contributed by atoms with Crippen LogP contribution in [0.25, 0.3) is 0 Å². The number of hydrogen-bond donors (Lipinski definition) is 3. The topological polar surface area (TPSA) is 74.2 Å². The average Bonchev–Trinajstić information content (AvgIpc) is 2.69. The van der Waals surface area contributed by atoms with Crippen LogP contribution in [0.3, 0.4) is 0 Å². The minimum absolute atomic E-state index is 0.249. The summed E-state index contributed by atoms with van der Waals surface area (Å²) in [6, 6.07) is 13.0. The number of nitrogens with one attached hydrogen (secondary N) is 3. The van der Waals surface area contributed by atoms with Crippen LogP contribution in [0.2, 0.25) is 10.0 Å². The van der Waals surface area contributed by atoms with Gasteiger partial charge in [0.15, 0.2) is 5.11 Å². The van der Waals surface area contributed by atoms with E-state index in [1.165, 1.54) is 12.1 Å². The van der Waals surface area contributed by atoms with Crippen molar-refractivity contribution in [1.29, 1.82) is 0 Å². The molecule has 0 saturated heterocycles. The van der Waals surface area contributed by atoms with Crippen LogP contribution < -0.4 is 16.0 Å². The van der Waals surface area contributed by atoms with E-state index in [4.69, 9.17) is 35.4 Å². The van der Waals surface area contributed by atoms with Crippen molar-refractivity contribution in [3.63, 3.8) is 0 Å². The zero-order valence-electron chi connectivity index (χ0n) is 16.7. The van der Waals surface area contributed by atoms with Gasteiger partial charge in [-0.3, -0.25) is 5.32 Å². The lowest BCUT2D eigenvalue weighted by Gasteiger charge is -2.15. The highest BCUT2D eigenvalue weighted by Crippen LogP contribution is 2.25. The molecule has 0 atom stereocenters. The summed E-state index contributed by atoms with van der Waals surface area (Å²) in [6.45, 7) is 4.03. The molecule has 6 nitrogen and oxygen atoms in total. The molecule has 10 heteroatoms. The number of nitrogens with zero attached hydrogens (tertiary/aromatic N) is 3. The number of aromatic nitrogens is 2. The highest BCUT2D eigenvalue weighted by atomic mass is 35.5. The Morgan fingerprint density at radius 2 is 1.68 bits per heavy atom. The summed E-state index contributed by atoms with van der Waals surface area (Å²) >= 11 is 17.5. The highest BCUT2D eigenvalue weighted by molar-refractivity contribution is 7.80. The SMILES string of the molecule is Cc1cc(C)nc(NC(=NCc2ccc(F)cc2)NC(=S)Nc2ccc(Cl)cc2Cl)n1. The number of hydrogen-bond acceptors (Lipinski definition) is 4. The van der Waals surface area contributed by atoms with Crippen LogP contribution in [0.1, 0.15) is 17.0 Å². The molecule has 0 radical (unpaired) electrons. The zero-order chi connectivity index (χ0) is 22.4. The first-order chi connectivity index (χ1) is 14.8. The molecule has 0 fully saturated rings. The Morgan fingerprint density at radius 1 is 1.00 bits per heavy atom. The van der Waals surface area contributed by atoms with Gasteiger partial charge in [0.2, 0.25) is 11.9 Å². The summed E-state index contributed by atoms with van der Waals surface area (Å²) in [7, 11) is 0. The molecule has 3 aromatic rings. The van der Waals surface area contributed by atoms with E-state index in [1.807, 2.05) is 19.9 Å². The van der Waals surface area contributed by atoms with Crippen LogP contribution in [0.5, 0.6) is 0 Å². The molecule has 0 amide bonds. The van der Waals surface area contributed by atoms with E-state index in [1.54, 1.807) is 30.3 Å². The molecular weight excluding hydrogens is 458 g/mol. The first-order valence-electron chi connectivity index (χ1n) is 9.20. The van der Waals surface area contributed by atoms with Crippen molar-refractivity contribution in [1.82, 2.24) is 15.3 Å². The lowest BCUT2D eigenvalue weighted by molar-refractivity contribution is 0.627. The van der Waals surface area contributed by atoms with Crippen LogP contribution in [-0.2, 0) is 6.54 Å². The number of anilines is 2. The Kier molecular flexibility index (Phi) is 7.73. The number of guanidine groups is 1. The van der Waals surface area contributed by atoms with Crippen LogP contribution in [0.15, 0.2) is 53.5 Å². The Labute approximate surface area is 194 Å². The number of thiocarbonyl (C=S) groups is 1. The number of rotatable bonds is 4. The second-order valence-electron chi connectivity index (χ2n) is 6.59. The molecular formula is C21H19Cl2FN6S. The van der Waals surface area contributed by atoms with Gasteiger partial charge >= 0.3 is 0 Å². The summed E-state index contributed by atoms with van der Waals surface area (Å²) in [5.74, 6) is 0.380. The van der Waals surface area contributed by atoms with Crippen molar-refractivity contribution >= 4 is 58.1 Å². The highest BCUT2D eigenvalue weighted by Gasteiger charge is 2.09. The molecule has 31 heavy (non-hydrogen) atoms. The molecule has 0 spiro atoms. The van der Waals surface area contributed by atoms with Gasteiger partial charge < -0.3 is 10.6 Å². The smallest absolute Gasteiger partial charge is 0.229 e. The van der Waals surface area contributed by atoms with Crippen molar-refractivity contribution in [2.75, 3.05) is 10.6 Å². The molecule has 1 heterocycles. The third kappa shape index (κ3) is 7.13. The lowest BCUT2D eigenvalue weighted by Crippen LogP contribution is -2.39. The summed E-state index contributed by atoms with van der Waals surface area (Å²) in [4.78, 5) is 13.2. The predicted octanol–water partition coefficient (Wildman–Crippen LogP) is 5.49. The molecule has 0 unspecified atom stereocenters. The van der Waals surface area contributed by atoms with E-state index in [0.29, 0.717) is 27.6 Å². The van der Waals surface area contributed by atoms with Gasteiger partial charge in [0.05, 0.1) is 17.3 Å². The molecule has 2 aromatic carbocycles. The summed E-state index contributed by atoms with van der Waals surface area (Å²) in [5, 5.41) is 10.2. The van der Waals surface area contributed by atoms with Gasteiger partial charge in [-0.1, -0.05) is 35.3 Å². The number of benzene rings is 2. The van der Waals surface area contributed by atoms with Gasteiger partial charge in [-0.05, 0) is 68.0 Å². The van der Waals surface area contributed by atoms with Gasteiger partial charge in [-0.2, -0.15) is 0 Å². The summed E-state index contributed by atoms with van der Waals surface area (Å²) in [6.07, 6.45) is 0. The van der Waals surface area contributed by atoms with Crippen molar-refractivity contribution in [3.05, 3.63) is 81.3 Å². The predicted molar refractivity (Wildman–Crippen MR) is 128 cm³/mol. The third-order valence-corrected chi connectivity index (χ3v) is 4.71. The average molecular weight is 477 g/mol. The van der Waals surface area contributed by atoms with Crippen molar-refractivity contribution in [2.24, 2.45) is 4.99 Å². The van der Waals surface area contributed by atoms with E-state index in [2.05, 4.69) is 30.9 Å². The Hall–Kier alpha value is -2.81. The molecule has 1 aromatic heterocycles. The number of aryl methyl sites for hydroxylation is 2. The maximum atomic E-state index is 13.2. The molecule has 0 bridgehead atoms. The quantitative estimate of drug-likeness (QED) is 0.262. The first kappa shape index (κ1) is 22.9. The normalized spacial score (nSPS) is 11.2.